The van der Waals surface area contributed by atoms with Crippen LogP contribution in [-0.4, -0.2) is 278 Å². The molecule has 1 aliphatic rings. The van der Waals surface area contributed by atoms with E-state index in [2.05, 4.69) is 100 Å². The topological polar surface area (TPSA) is 683 Å². The minimum atomic E-state index is -1.59. The summed E-state index contributed by atoms with van der Waals surface area (Å²) in [6.45, 7) is 14.8. The average Bonchev–Trinajstić information content (AvgIpc) is 1.72. The maximum absolute atomic E-state index is 14.9. The lowest BCUT2D eigenvalue weighted by Crippen LogP contribution is -2.61. The number of hydrogen-bond acceptors (Lipinski definition) is 25. The molecular formula is C90H136FN25O19S2. The van der Waals surface area contributed by atoms with Crippen LogP contribution in [0.5, 0.6) is 5.75 Å². The van der Waals surface area contributed by atoms with Crippen molar-refractivity contribution in [2.24, 2.45) is 40.9 Å². The number of nitrogens with one attached hydrogen (secondary N) is 19. The number of carboxylic acids is 1. The van der Waals surface area contributed by atoms with E-state index in [1.54, 1.807) is 115 Å². The Hall–Kier alpha value is -13.1. The quantitative estimate of drug-likeness (QED) is 0.00767. The molecule has 4 aromatic rings. The lowest BCUT2D eigenvalue weighted by molar-refractivity contribution is -0.141. The number of guanidine groups is 2. The summed E-state index contributed by atoms with van der Waals surface area (Å²) in [6.07, 6.45) is 6.01. The van der Waals surface area contributed by atoms with Crippen LogP contribution in [0.25, 0.3) is 0 Å². The third-order valence-electron chi connectivity index (χ3n) is 22.1. The van der Waals surface area contributed by atoms with Crippen molar-refractivity contribution >= 4 is 136 Å². The minimum Gasteiger partial charge on any atom is -0.489 e. The smallest absolute Gasteiger partial charge is 0.325 e. The molecule has 1 unspecified atom stereocenters. The molecule has 2 aromatic carbocycles. The lowest BCUT2D eigenvalue weighted by Gasteiger charge is -2.30. The second-order valence-electron chi connectivity index (χ2n) is 34.2. The van der Waals surface area contributed by atoms with Crippen LogP contribution < -0.4 is 107 Å². The molecule has 1 saturated heterocycles. The summed E-state index contributed by atoms with van der Waals surface area (Å²) in [4.78, 5) is 250. The van der Waals surface area contributed by atoms with E-state index in [1.807, 2.05) is 13.8 Å². The number of aromatic nitrogens is 3. The zero-order valence-corrected chi connectivity index (χ0v) is 80.8. The number of benzene rings is 2. The summed E-state index contributed by atoms with van der Waals surface area (Å²) in [5.41, 5.74) is 19.2. The van der Waals surface area contributed by atoms with E-state index in [0.717, 1.165) is 16.7 Å². The van der Waals surface area contributed by atoms with Crippen LogP contribution in [-0.2, 0) is 101 Å². The summed E-state index contributed by atoms with van der Waals surface area (Å²) in [5, 5.41) is 65.8. The van der Waals surface area contributed by atoms with Crippen molar-refractivity contribution in [1.29, 1.82) is 10.8 Å². The SMILES string of the molecule is CC[C@H](C)[C@H](NC(=O)[C@H](CC(C)C)NC(=O)[C@H](Cc1ccccc1)NC(=O)[C@@H](N)Cc1c[nH]cn1)C(=O)N[C@H](C(=O)NCC(=O)N[C@@H](Cc1ccccc1)C(=O)N[C@@H](CCSC)C(=O)N[C@@H](CCCNC(=N)N)C(=O)N[C@@H](CCCNC(=N)N)C(=O)N[C@@H](C)C(=O)N[C@@H](CC(C)C)C(=O)N[C@@H](CSC1CC(=O)N(CCCOc2cccnc2[18F])C1=O)C(=O)NCC(=O)N[C@@H](C)C(=O)O)[C@@H](C)CC. The number of pyridine rings is 1. The Morgan fingerprint density at radius 2 is 0.978 bits per heavy atom. The number of carbonyl (C=O) groups excluding carboxylic acids is 16. The van der Waals surface area contributed by atoms with Gasteiger partial charge in [-0.05, 0) is 124 Å². The summed E-state index contributed by atoms with van der Waals surface area (Å²) in [5.74, 6) is -18.4. The number of thioether (sulfide) groups is 2. The Bertz CT molecular complexity index is 4700. The number of ether oxygens (including phenoxy) is 1. The molecular weight excluding hydrogens is 1820 g/mol. The molecule has 1 aliphatic heterocycles. The second-order valence-corrected chi connectivity index (χ2v) is 36.5. The zero-order valence-electron chi connectivity index (χ0n) is 79.2. The summed E-state index contributed by atoms with van der Waals surface area (Å²) in [6, 6.07) is 2.16. The standard InChI is InChI=1S/C90H136FN25O19S2/c1-12-51(7)72(115-86(131)73(52(8)13-2)114-84(129)63(39-50(5)6)112-83(128)65(41-56-26-18-15-19-27-56)111-76(121)58(92)42-57-44-97-48-103-57)85(130)102-46-70(118)106-64(40-55-24-16-14-17-25-55)82(127)109-61(31-37-136-11)80(125)108-60(29-21-34-100-90(95)96)79(124)107-59(28-20-33-99-89(93)94)78(123)105-53(9)75(120)110-62(38-49(3)4)81(126)113-66(77(122)101-45-69(117)104-54(10)88(133)134)47-137-68-43-71(119)116(87(68)132)35-23-36-135-67-30-22-32-98-74(67)91/h14-19,22,24-27,30,32,44,48-54,58-66,68,72-73H,12-13,20-21,23,28-29,31,33-43,45-47,92H2,1-11H3,(H,97,103)(H,101,122)(H,102,130)(H,104,117)(H,105,123)(H,106,118)(H,107,124)(H,108,125)(H,109,127)(H,110,120)(H,111,121)(H,112,128)(H,113,126)(H,114,129)(H,115,131)(H,133,134)(H4,93,94,99)(H4,95,96,100)/t51-,52-,53-,54-,58-,59-,60-,61-,62-,63-,64-,65-,66-,68?,72-,73-/m0/s1/i91-1. The van der Waals surface area contributed by atoms with Crippen molar-refractivity contribution in [2.45, 2.75) is 243 Å². The summed E-state index contributed by atoms with van der Waals surface area (Å²) in [7, 11) is 0. The first kappa shape index (κ1) is 114. The maximum atomic E-state index is 14.9. The molecule has 0 saturated carbocycles. The third-order valence-corrected chi connectivity index (χ3v) is 24.0. The Kier molecular flexibility index (Phi) is 49.9. The fraction of sp³-hybridized carbons (Fsp3) is 0.567. The van der Waals surface area contributed by atoms with Crippen molar-refractivity contribution in [2.75, 3.05) is 57.1 Å². The molecule has 47 heteroatoms. The van der Waals surface area contributed by atoms with Gasteiger partial charge in [-0.1, -0.05) is 129 Å². The molecule has 137 heavy (non-hydrogen) atoms. The monoisotopic (exact) mass is 1950 g/mol. The van der Waals surface area contributed by atoms with Gasteiger partial charge in [-0.25, -0.2) is 9.97 Å². The van der Waals surface area contributed by atoms with Crippen molar-refractivity contribution < 1.29 is 95.7 Å². The molecule has 0 aliphatic carbocycles. The molecule has 5 rings (SSSR count). The van der Waals surface area contributed by atoms with Crippen LogP contribution in [0.4, 0.5) is 4.39 Å². The lowest BCUT2D eigenvalue weighted by atomic mass is 9.94. The summed E-state index contributed by atoms with van der Waals surface area (Å²) < 4.78 is 19.5. The molecule has 2 aromatic heterocycles. The number of aliphatic carboxylic acids is 1. The van der Waals surface area contributed by atoms with Gasteiger partial charge in [0.15, 0.2) is 17.7 Å². The van der Waals surface area contributed by atoms with E-state index < -0.39 is 233 Å². The van der Waals surface area contributed by atoms with E-state index in [4.69, 9.17) is 32.8 Å². The molecule has 26 N–H and O–H groups in total. The molecule has 3 heterocycles. The van der Waals surface area contributed by atoms with Crippen LogP contribution in [0.1, 0.15) is 157 Å². The number of H-pyrrole nitrogens is 1. The summed E-state index contributed by atoms with van der Waals surface area (Å²) >= 11 is 2.12. The first-order valence-electron chi connectivity index (χ1n) is 45.6. The van der Waals surface area contributed by atoms with Crippen molar-refractivity contribution in [1.82, 2.24) is 105 Å². The Labute approximate surface area is 804 Å². The molecule has 0 spiro atoms. The number of hydrogen-bond donors (Lipinski definition) is 23. The van der Waals surface area contributed by atoms with Gasteiger partial charge in [0.2, 0.25) is 94.5 Å². The van der Waals surface area contributed by atoms with Gasteiger partial charge in [-0.15, -0.1) is 11.8 Å². The maximum Gasteiger partial charge on any atom is 0.325 e. The molecule has 0 radical (unpaired) electrons. The van der Waals surface area contributed by atoms with Gasteiger partial charge in [-0.2, -0.15) is 16.2 Å². The highest BCUT2D eigenvalue weighted by Crippen LogP contribution is 2.27. The number of carbonyl (C=O) groups is 17. The molecule has 0 bridgehead atoms. The first-order valence-corrected chi connectivity index (χ1v) is 48.0. The number of likely N-dealkylation sites (tertiary alicyclic amines) is 1. The Morgan fingerprint density at radius 3 is 1.48 bits per heavy atom. The van der Waals surface area contributed by atoms with Gasteiger partial charge >= 0.3 is 5.97 Å². The van der Waals surface area contributed by atoms with Gasteiger partial charge in [-0.3, -0.25) is 97.2 Å². The van der Waals surface area contributed by atoms with E-state index in [1.165, 1.54) is 50.3 Å². The number of rotatable bonds is 62. The highest BCUT2D eigenvalue weighted by molar-refractivity contribution is 8.00. The van der Waals surface area contributed by atoms with Crippen molar-refractivity contribution in [3.05, 3.63) is 114 Å². The third kappa shape index (κ3) is 41.2. The van der Waals surface area contributed by atoms with Gasteiger partial charge in [0.05, 0.1) is 43.0 Å². The number of carboxylic acid groups (broad SMARTS) is 1. The minimum absolute atomic E-state index is 0.00338. The zero-order chi connectivity index (χ0) is 102. The van der Waals surface area contributed by atoms with Crippen LogP contribution in [0.2, 0.25) is 0 Å². The predicted molar refractivity (Wildman–Crippen MR) is 510 cm³/mol. The van der Waals surface area contributed by atoms with Crippen molar-refractivity contribution in [3.8, 4) is 5.75 Å². The van der Waals surface area contributed by atoms with Gasteiger partial charge in [0.25, 0.3) is 5.95 Å². The second kappa shape index (κ2) is 59.7. The Balaban J connectivity index is 1.33. The molecule has 1 fully saturated rings. The van der Waals surface area contributed by atoms with Crippen LogP contribution >= 0.6 is 23.5 Å². The number of imide groups is 1. The van der Waals surface area contributed by atoms with Gasteiger partial charge in [0, 0.05) is 63.5 Å². The number of imidazole rings is 1. The molecule has 754 valence electrons. The Morgan fingerprint density at radius 1 is 0.518 bits per heavy atom. The fourth-order valence-electron chi connectivity index (χ4n) is 14.0. The number of nitrogens with two attached hydrogens (primary N) is 3. The largest absolute Gasteiger partial charge is 0.489 e. The highest BCUT2D eigenvalue weighted by Gasteiger charge is 2.42. The van der Waals surface area contributed by atoms with E-state index >= 15 is 0 Å². The number of amides is 16. The van der Waals surface area contributed by atoms with E-state index in [0.29, 0.717) is 29.7 Å². The van der Waals surface area contributed by atoms with Gasteiger partial charge < -0.3 is 117 Å². The first-order chi connectivity index (χ1) is 65.0. The van der Waals surface area contributed by atoms with Crippen LogP contribution in [0, 0.1) is 40.4 Å². The molecule has 16 amide bonds. The number of nitrogens with zero attached hydrogens (tertiary/aromatic N) is 3. The molecule has 16 atom stereocenters. The van der Waals surface area contributed by atoms with E-state index in [9.17, 15) is 91.0 Å². The average molecular weight is 1950 g/mol. The predicted octanol–water partition coefficient (Wildman–Crippen LogP) is -1.73. The normalized spacial score (nSPS) is 15.6. The molecule has 44 nitrogen and oxygen atoms in total. The van der Waals surface area contributed by atoms with Crippen molar-refractivity contribution in [3.63, 3.8) is 0 Å². The van der Waals surface area contributed by atoms with Crippen LogP contribution in [0.15, 0.2) is 91.5 Å². The van der Waals surface area contributed by atoms with Crippen LogP contribution in [0.3, 0.4) is 0 Å². The van der Waals surface area contributed by atoms with E-state index in [-0.39, 0.29) is 127 Å². The van der Waals surface area contributed by atoms with Gasteiger partial charge in [0.1, 0.15) is 72.5 Å². The highest BCUT2D eigenvalue weighted by atomic mass is 32.2. The number of aromatic amines is 1. The number of halogens is 1. The fourth-order valence-corrected chi connectivity index (χ4v) is 15.7.